The first-order chi connectivity index (χ1) is 20.2. The summed E-state index contributed by atoms with van der Waals surface area (Å²) in [7, 11) is 3.01. The molecule has 0 aliphatic carbocycles. The molecule has 1 aromatic carbocycles. The van der Waals surface area contributed by atoms with Crippen molar-refractivity contribution in [3.63, 3.8) is 0 Å². The van der Waals surface area contributed by atoms with Gasteiger partial charge in [-0.05, 0) is 53.7 Å². The molecule has 0 radical (unpaired) electrons. The van der Waals surface area contributed by atoms with Crippen molar-refractivity contribution >= 4 is 5.97 Å². The average Bonchev–Trinajstić information content (AvgIpc) is 3.59. The molecule has 0 aromatic heterocycles. The third-order valence-electron chi connectivity index (χ3n) is 7.75. The molecule has 242 valence electrons. The molecule has 9 atom stereocenters. The molecule has 4 fully saturated rings. The number of carbonyl (C=O) groups is 1. The lowest BCUT2D eigenvalue weighted by Gasteiger charge is -2.42. The van der Waals surface area contributed by atoms with Crippen LogP contribution in [-0.4, -0.2) is 117 Å². The van der Waals surface area contributed by atoms with Crippen molar-refractivity contribution in [2.45, 2.75) is 120 Å². The SMILES string of the molecule is COC(OC)[C@@H]1OC(C)(C)O[C@H]1C(O[C@@H]1O[C@H](COC(=O)c2ccccc2)[C@@H]2OC(C)(C)O[C@@H]2[C@H]1O)[C@H]1COC(C)(C)O1. The van der Waals surface area contributed by atoms with Gasteiger partial charge < -0.3 is 57.2 Å². The van der Waals surface area contributed by atoms with Crippen molar-refractivity contribution in [1.29, 1.82) is 0 Å². The van der Waals surface area contributed by atoms with Gasteiger partial charge in [-0.2, -0.15) is 0 Å². The average molecular weight is 613 g/mol. The van der Waals surface area contributed by atoms with Crippen LogP contribution >= 0.6 is 0 Å². The van der Waals surface area contributed by atoms with Crippen LogP contribution in [0.15, 0.2) is 30.3 Å². The normalized spacial score (nSPS) is 36.9. The first kappa shape index (κ1) is 32.6. The van der Waals surface area contributed by atoms with Gasteiger partial charge >= 0.3 is 5.97 Å². The second-order valence-corrected chi connectivity index (χ2v) is 12.4. The van der Waals surface area contributed by atoms with Crippen LogP contribution in [0.4, 0.5) is 0 Å². The number of esters is 1. The summed E-state index contributed by atoms with van der Waals surface area (Å²) >= 11 is 0. The number of methoxy groups -OCH3 is 2. The summed E-state index contributed by atoms with van der Waals surface area (Å²) in [5.74, 6) is -3.45. The van der Waals surface area contributed by atoms with E-state index >= 15 is 0 Å². The van der Waals surface area contributed by atoms with Crippen LogP contribution < -0.4 is 0 Å². The molecule has 13 nitrogen and oxygen atoms in total. The fraction of sp³-hybridized carbons (Fsp3) is 0.767. The summed E-state index contributed by atoms with van der Waals surface area (Å²) in [5.41, 5.74) is 0.394. The Hall–Kier alpha value is -1.75. The van der Waals surface area contributed by atoms with E-state index < -0.39 is 84.7 Å². The van der Waals surface area contributed by atoms with Crippen LogP contribution in [0.3, 0.4) is 0 Å². The molecule has 1 aromatic rings. The second-order valence-electron chi connectivity index (χ2n) is 12.4. The lowest BCUT2D eigenvalue weighted by molar-refractivity contribution is -0.315. The lowest BCUT2D eigenvalue weighted by Crippen LogP contribution is -2.61. The highest BCUT2D eigenvalue weighted by Gasteiger charge is 2.59. The van der Waals surface area contributed by atoms with E-state index in [2.05, 4.69) is 0 Å². The summed E-state index contributed by atoms with van der Waals surface area (Å²) in [6.45, 7) is 10.6. The highest BCUT2D eigenvalue weighted by atomic mass is 16.8. The van der Waals surface area contributed by atoms with Crippen LogP contribution in [0.2, 0.25) is 0 Å². The summed E-state index contributed by atoms with van der Waals surface area (Å²) in [6, 6.07) is 8.62. The Morgan fingerprint density at radius 1 is 0.884 bits per heavy atom. The van der Waals surface area contributed by atoms with Crippen LogP contribution in [0.5, 0.6) is 0 Å². The maximum atomic E-state index is 12.7. The number of aliphatic hydroxyl groups excluding tert-OH is 1. The molecule has 4 aliphatic rings. The molecule has 0 saturated carbocycles. The number of carbonyl (C=O) groups excluding carboxylic acids is 1. The van der Waals surface area contributed by atoms with Gasteiger partial charge in [0.05, 0.1) is 12.2 Å². The molecule has 4 saturated heterocycles. The summed E-state index contributed by atoms with van der Waals surface area (Å²) in [5, 5.41) is 11.5. The molecule has 1 N–H and O–H groups in total. The van der Waals surface area contributed by atoms with Gasteiger partial charge in [0.1, 0.15) is 55.4 Å². The third-order valence-corrected chi connectivity index (χ3v) is 7.75. The van der Waals surface area contributed by atoms with E-state index in [4.69, 9.17) is 52.1 Å². The lowest BCUT2D eigenvalue weighted by atomic mass is 9.98. The minimum absolute atomic E-state index is 0.171. The number of hydrogen-bond acceptors (Lipinski definition) is 13. The van der Waals surface area contributed by atoms with Gasteiger partial charge in [-0.3, -0.25) is 0 Å². The van der Waals surface area contributed by atoms with E-state index in [0.717, 1.165) is 0 Å². The Labute approximate surface area is 251 Å². The number of aliphatic hydroxyl groups is 1. The molecule has 13 heteroatoms. The fourth-order valence-corrected chi connectivity index (χ4v) is 5.97. The van der Waals surface area contributed by atoms with Gasteiger partial charge in [0.15, 0.2) is 29.9 Å². The van der Waals surface area contributed by atoms with Gasteiger partial charge in [0.25, 0.3) is 0 Å². The summed E-state index contributed by atoms with van der Waals surface area (Å²) < 4.78 is 66.3. The maximum Gasteiger partial charge on any atom is 0.338 e. The van der Waals surface area contributed by atoms with E-state index in [1.165, 1.54) is 14.2 Å². The van der Waals surface area contributed by atoms with Crippen molar-refractivity contribution in [3.8, 4) is 0 Å². The highest BCUT2D eigenvalue weighted by molar-refractivity contribution is 5.89. The number of ether oxygens (including phenoxy) is 11. The quantitative estimate of drug-likeness (QED) is 0.305. The number of rotatable bonds is 10. The van der Waals surface area contributed by atoms with E-state index in [1.54, 1.807) is 65.8 Å². The Balaban J connectivity index is 1.41. The molecule has 4 aliphatic heterocycles. The monoisotopic (exact) mass is 612 g/mol. The van der Waals surface area contributed by atoms with Crippen LogP contribution in [0.1, 0.15) is 51.9 Å². The first-order valence-corrected chi connectivity index (χ1v) is 14.5. The molecule has 4 heterocycles. The predicted octanol–water partition coefficient (Wildman–Crippen LogP) is 2.13. The predicted molar refractivity (Wildman–Crippen MR) is 147 cm³/mol. The maximum absolute atomic E-state index is 12.7. The minimum atomic E-state index is -1.28. The Morgan fingerprint density at radius 3 is 2.14 bits per heavy atom. The van der Waals surface area contributed by atoms with Gasteiger partial charge in [0.2, 0.25) is 0 Å². The van der Waals surface area contributed by atoms with Crippen LogP contribution in [-0.2, 0) is 52.1 Å². The van der Waals surface area contributed by atoms with Gasteiger partial charge in [-0.1, -0.05) is 18.2 Å². The van der Waals surface area contributed by atoms with E-state index in [9.17, 15) is 9.90 Å². The molecule has 1 unspecified atom stereocenters. The molecule has 5 rings (SSSR count). The smallest absolute Gasteiger partial charge is 0.338 e. The van der Waals surface area contributed by atoms with E-state index in [1.807, 2.05) is 6.07 Å². The van der Waals surface area contributed by atoms with Gasteiger partial charge in [-0.25, -0.2) is 4.79 Å². The fourth-order valence-electron chi connectivity index (χ4n) is 5.97. The van der Waals surface area contributed by atoms with E-state index in [-0.39, 0.29) is 13.2 Å². The number of fused-ring (bicyclic) bond motifs is 1. The van der Waals surface area contributed by atoms with Crippen LogP contribution in [0.25, 0.3) is 0 Å². The summed E-state index contributed by atoms with van der Waals surface area (Å²) in [4.78, 5) is 12.7. The zero-order chi connectivity index (χ0) is 31.2. The molecule has 0 bridgehead atoms. The molecular weight excluding hydrogens is 568 g/mol. The first-order valence-electron chi connectivity index (χ1n) is 14.5. The van der Waals surface area contributed by atoms with Crippen molar-refractivity contribution in [1.82, 2.24) is 0 Å². The van der Waals surface area contributed by atoms with Crippen molar-refractivity contribution in [2.24, 2.45) is 0 Å². The van der Waals surface area contributed by atoms with Crippen molar-refractivity contribution < 1.29 is 62.0 Å². The summed E-state index contributed by atoms with van der Waals surface area (Å²) in [6.07, 6.45) is -8.79. The standard InChI is InChI=1S/C30H44O13/c1-28(2)36-15-18(39-28)20(23-24(27(33-7)34-8)43-30(5,6)42-23)38-26-19(31)22-21(40-29(3,4)41-22)17(37-26)14-35-25(32)16-12-10-9-11-13-16/h9-13,17-24,26-27,31H,14-15H2,1-8H3/t17-,18-,19-,20?,21+,22-,23+,24-,26+/m1/s1. The zero-order valence-electron chi connectivity index (χ0n) is 25.9. The molecular formula is C30H44O13. The minimum Gasteiger partial charge on any atom is -0.459 e. The third kappa shape index (κ3) is 7.23. The molecule has 0 amide bonds. The van der Waals surface area contributed by atoms with Crippen molar-refractivity contribution in [3.05, 3.63) is 35.9 Å². The van der Waals surface area contributed by atoms with Crippen molar-refractivity contribution in [2.75, 3.05) is 27.4 Å². The largest absolute Gasteiger partial charge is 0.459 e. The van der Waals surface area contributed by atoms with E-state index in [0.29, 0.717) is 5.56 Å². The Bertz CT molecular complexity index is 1090. The van der Waals surface area contributed by atoms with Gasteiger partial charge in [0, 0.05) is 14.2 Å². The number of benzene rings is 1. The Kier molecular flexibility index (Phi) is 9.54. The highest BCUT2D eigenvalue weighted by Crippen LogP contribution is 2.41. The molecule has 43 heavy (non-hydrogen) atoms. The Morgan fingerprint density at radius 2 is 1.51 bits per heavy atom. The molecule has 0 spiro atoms. The zero-order valence-corrected chi connectivity index (χ0v) is 25.9. The van der Waals surface area contributed by atoms with Gasteiger partial charge in [-0.15, -0.1) is 0 Å². The topological polar surface area (TPSA) is 139 Å². The van der Waals surface area contributed by atoms with Crippen LogP contribution in [0, 0.1) is 0 Å². The second kappa shape index (κ2) is 12.6. The number of hydrogen-bond donors (Lipinski definition) is 1.